The van der Waals surface area contributed by atoms with Gasteiger partial charge in [0.1, 0.15) is 4.90 Å². The van der Waals surface area contributed by atoms with Gasteiger partial charge in [-0.15, -0.1) is 0 Å². The molecule has 7 nitrogen and oxygen atoms in total. The lowest BCUT2D eigenvalue weighted by Crippen LogP contribution is -2.37. The van der Waals surface area contributed by atoms with Crippen molar-refractivity contribution in [3.63, 3.8) is 0 Å². The molecule has 0 saturated carbocycles. The molecule has 1 saturated heterocycles. The predicted octanol–water partition coefficient (Wildman–Crippen LogP) is 1.87. The normalized spacial score (nSPS) is 16.5. The van der Waals surface area contributed by atoms with Crippen molar-refractivity contribution in [2.75, 3.05) is 26.2 Å². The Hall–Kier alpha value is -2.19. The molecule has 0 aliphatic carbocycles. The highest BCUT2D eigenvalue weighted by molar-refractivity contribution is 7.89. The Labute approximate surface area is 154 Å². The number of carbonyl (C=O) groups excluding carboxylic acids is 1. The van der Waals surface area contributed by atoms with Crippen LogP contribution in [0.4, 0.5) is 0 Å². The highest BCUT2D eigenvalue weighted by atomic mass is 32.2. The van der Waals surface area contributed by atoms with Crippen LogP contribution in [0, 0.1) is 20.8 Å². The highest BCUT2D eigenvalue weighted by Crippen LogP contribution is 2.23. The molecule has 0 unspecified atom stereocenters. The summed E-state index contributed by atoms with van der Waals surface area (Å²) in [5, 5.41) is 6.73. The lowest BCUT2D eigenvalue weighted by atomic mass is 10.1. The predicted molar refractivity (Wildman–Crippen MR) is 98.5 cm³/mol. The second kappa shape index (κ2) is 7.20. The first-order valence-corrected chi connectivity index (χ1v) is 10.1. The Bertz CT molecular complexity index is 884. The van der Waals surface area contributed by atoms with Gasteiger partial charge >= 0.3 is 0 Å². The summed E-state index contributed by atoms with van der Waals surface area (Å²) in [6.07, 6.45) is 0.604. The standard InChI is InChI=1S/C18H24N4O3S/c1-13-5-7-16(8-6-13)18(23)21-9-4-10-22(12-11-21)26(24,25)17-14(2)19-20-15(17)3/h5-8H,4,9-12H2,1-3H3,(H,19,20). The van der Waals surface area contributed by atoms with Crippen LogP contribution in [0.3, 0.4) is 0 Å². The summed E-state index contributed by atoms with van der Waals surface area (Å²) < 4.78 is 27.4. The Morgan fingerprint density at radius 2 is 1.73 bits per heavy atom. The first-order chi connectivity index (χ1) is 12.3. The van der Waals surface area contributed by atoms with Crippen LogP contribution in [-0.4, -0.2) is 59.9 Å². The molecule has 140 valence electrons. The maximum absolute atomic E-state index is 13.0. The van der Waals surface area contributed by atoms with Crippen LogP contribution in [0.5, 0.6) is 0 Å². The molecule has 8 heteroatoms. The summed E-state index contributed by atoms with van der Waals surface area (Å²) in [6, 6.07) is 7.45. The van der Waals surface area contributed by atoms with Gasteiger partial charge in [0.25, 0.3) is 5.91 Å². The Morgan fingerprint density at radius 1 is 1.04 bits per heavy atom. The molecule has 1 fully saturated rings. The van der Waals surface area contributed by atoms with Gasteiger partial charge in [-0.2, -0.15) is 9.40 Å². The van der Waals surface area contributed by atoms with Crippen LogP contribution in [0.15, 0.2) is 29.2 Å². The third-order valence-electron chi connectivity index (χ3n) is 4.70. The number of amides is 1. The minimum absolute atomic E-state index is 0.0556. The average molecular weight is 376 g/mol. The smallest absolute Gasteiger partial charge is 0.253 e. The van der Waals surface area contributed by atoms with Gasteiger partial charge in [-0.3, -0.25) is 9.89 Å². The fourth-order valence-corrected chi connectivity index (χ4v) is 5.07. The van der Waals surface area contributed by atoms with Gasteiger partial charge in [-0.1, -0.05) is 17.7 Å². The van der Waals surface area contributed by atoms with Crippen molar-refractivity contribution < 1.29 is 13.2 Å². The quantitative estimate of drug-likeness (QED) is 0.886. The Balaban J connectivity index is 1.76. The van der Waals surface area contributed by atoms with E-state index >= 15 is 0 Å². The van der Waals surface area contributed by atoms with Crippen LogP contribution in [0.25, 0.3) is 0 Å². The van der Waals surface area contributed by atoms with E-state index in [1.165, 1.54) is 4.31 Å². The SMILES string of the molecule is Cc1ccc(C(=O)N2CCCN(S(=O)(=O)c3c(C)n[nH]c3C)CC2)cc1. The zero-order valence-corrected chi connectivity index (χ0v) is 16.1. The number of aromatic amines is 1. The van der Waals surface area contributed by atoms with Crippen molar-refractivity contribution >= 4 is 15.9 Å². The third kappa shape index (κ3) is 3.52. The van der Waals surface area contributed by atoms with E-state index in [0.29, 0.717) is 43.0 Å². The molecule has 3 rings (SSSR count). The molecule has 2 heterocycles. The molecule has 1 amide bonds. The van der Waals surface area contributed by atoms with E-state index in [1.54, 1.807) is 18.7 Å². The van der Waals surface area contributed by atoms with Crippen molar-refractivity contribution in [1.82, 2.24) is 19.4 Å². The van der Waals surface area contributed by atoms with Crippen LogP contribution in [0.2, 0.25) is 0 Å². The minimum Gasteiger partial charge on any atom is -0.337 e. The maximum atomic E-state index is 13.0. The summed E-state index contributed by atoms with van der Waals surface area (Å²) in [5.74, 6) is -0.0556. The van der Waals surface area contributed by atoms with Crippen molar-refractivity contribution in [3.8, 4) is 0 Å². The molecule has 0 atom stereocenters. The molecule has 0 bridgehead atoms. The van der Waals surface area contributed by atoms with Crippen molar-refractivity contribution in [1.29, 1.82) is 0 Å². The van der Waals surface area contributed by atoms with Crippen LogP contribution >= 0.6 is 0 Å². The van der Waals surface area contributed by atoms with E-state index in [9.17, 15) is 13.2 Å². The van der Waals surface area contributed by atoms with Gasteiger partial charge in [0, 0.05) is 31.7 Å². The largest absolute Gasteiger partial charge is 0.337 e. The van der Waals surface area contributed by atoms with Crippen molar-refractivity contribution in [2.45, 2.75) is 32.1 Å². The number of aryl methyl sites for hydroxylation is 3. The number of nitrogens with zero attached hydrogens (tertiary/aromatic N) is 3. The van der Waals surface area contributed by atoms with Gasteiger partial charge in [0.2, 0.25) is 10.0 Å². The molecule has 1 aromatic heterocycles. The van der Waals surface area contributed by atoms with Gasteiger partial charge in [0.15, 0.2) is 0 Å². The summed E-state index contributed by atoms with van der Waals surface area (Å²) in [6.45, 7) is 6.96. The molecule has 1 aliphatic heterocycles. The molecule has 0 radical (unpaired) electrons. The van der Waals surface area contributed by atoms with E-state index in [2.05, 4.69) is 10.2 Å². The summed E-state index contributed by atoms with van der Waals surface area (Å²) in [7, 11) is -3.62. The number of benzene rings is 1. The zero-order valence-electron chi connectivity index (χ0n) is 15.3. The highest BCUT2D eigenvalue weighted by Gasteiger charge is 2.32. The summed E-state index contributed by atoms with van der Waals surface area (Å²) >= 11 is 0. The molecular weight excluding hydrogens is 352 g/mol. The van der Waals surface area contributed by atoms with Crippen LogP contribution < -0.4 is 0 Å². The van der Waals surface area contributed by atoms with Gasteiger partial charge in [0.05, 0.1) is 11.4 Å². The second-order valence-corrected chi connectivity index (χ2v) is 8.55. The Kier molecular flexibility index (Phi) is 5.15. The molecule has 1 N–H and O–H groups in total. The fraction of sp³-hybridized carbons (Fsp3) is 0.444. The molecule has 1 aromatic carbocycles. The number of H-pyrrole nitrogens is 1. The number of hydrogen-bond donors (Lipinski definition) is 1. The second-order valence-electron chi connectivity index (χ2n) is 6.68. The van der Waals surface area contributed by atoms with Gasteiger partial charge in [-0.25, -0.2) is 8.42 Å². The summed E-state index contributed by atoms with van der Waals surface area (Å²) in [4.78, 5) is 14.7. The minimum atomic E-state index is -3.62. The number of nitrogens with one attached hydrogen (secondary N) is 1. The third-order valence-corrected chi connectivity index (χ3v) is 6.86. The topological polar surface area (TPSA) is 86.4 Å². The average Bonchev–Trinajstić information content (AvgIpc) is 2.81. The summed E-state index contributed by atoms with van der Waals surface area (Å²) in [5.41, 5.74) is 2.74. The van der Waals surface area contributed by atoms with Crippen molar-refractivity contribution in [3.05, 3.63) is 46.8 Å². The van der Waals surface area contributed by atoms with Crippen LogP contribution in [-0.2, 0) is 10.0 Å². The van der Waals surface area contributed by atoms with Gasteiger partial charge in [-0.05, 0) is 39.3 Å². The number of sulfonamides is 1. The van der Waals surface area contributed by atoms with Crippen molar-refractivity contribution in [2.24, 2.45) is 0 Å². The molecule has 2 aromatic rings. The van der Waals surface area contributed by atoms with E-state index in [-0.39, 0.29) is 17.3 Å². The first kappa shape index (κ1) is 18.6. The van der Waals surface area contributed by atoms with E-state index in [1.807, 2.05) is 31.2 Å². The molecule has 1 aliphatic rings. The fourth-order valence-electron chi connectivity index (χ4n) is 3.27. The lowest BCUT2D eigenvalue weighted by Gasteiger charge is -2.22. The number of hydrogen-bond acceptors (Lipinski definition) is 4. The van der Waals surface area contributed by atoms with E-state index in [4.69, 9.17) is 0 Å². The van der Waals surface area contributed by atoms with Gasteiger partial charge < -0.3 is 4.90 Å². The molecule has 0 spiro atoms. The molecular formula is C18H24N4O3S. The number of carbonyl (C=O) groups is 1. The monoisotopic (exact) mass is 376 g/mol. The number of rotatable bonds is 3. The van der Waals surface area contributed by atoms with Crippen LogP contribution in [0.1, 0.15) is 33.7 Å². The first-order valence-electron chi connectivity index (χ1n) is 8.68. The van der Waals surface area contributed by atoms with E-state index < -0.39 is 10.0 Å². The molecule has 26 heavy (non-hydrogen) atoms. The van der Waals surface area contributed by atoms with E-state index in [0.717, 1.165) is 5.56 Å². The number of aromatic nitrogens is 2. The maximum Gasteiger partial charge on any atom is 0.253 e. The Morgan fingerprint density at radius 3 is 2.35 bits per heavy atom. The lowest BCUT2D eigenvalue weighted by molar-refractivity contribution is 0.0764. The zero-order chi connectivity index (χ0) is 18.9.